The lowest BCUT2D eigenvalue weighted by molar-refractivity contribution is -0.133. The Labute approximate surface area is 164 Å². The Hall–Kier alpha value is -2.45. The predicted molar refractivity (Wildman–Crippen MR) is 103 cm³/mol. The van der Waals surface area contributed by atoms with Crippen LogP contribution in [-0.2, 0) is 4.79 Å². The van der Waals surface area contributed by atoms with Gasteiger partial charge in [0.05, 0.1) is 10.4 Å². The molecule has 3 heterocycles. The molecule has 9 heteroatoms. The molecule has 0 N–H and O–H groups in total. The SMILES string of the molecule is O=C(COc1ccc(F)c(Cl)c1)N1CCN(c2ncnc3sccc23)CC1. The summed E-state index contributed by atoms with van der Waals surface area (Å²) in [6, 6.07) is 6.05. The van der Waals surface area contributed by atoms with E-state index < -0.39 is 5.82 Å². The first-order valence-corrected chi connectivity index (χ1v) is 9.66. The van der Waals surface area contributed by atoms with E-state index in [2.05, 4.69) is 14.9 Å². The highest BCUT2D eigenvalue weighted by Gasteiger charge is 2.23. The van der Waals surface area contributed by atoms with E-state index in [0.29, 0.717) is 31.9 Å². The molecule has 0 bridgehead atoms. The van der Waals surface area contributed by atoms with Crippen LogP contribution < -0.4 is 9.64 Å². The fraction of sp³-hybridized carbons (Fsp3) is 0.278. The van der Waals surface area contributed by atoms with Crippen LogP contribution in [0.1, 0.15) is 0 Å². The minimum atomic E-state index is -0.518. The van der Waals surface area contributed by atoms with Gasteiger partial charge in [-0.2, -0.15) is 0 Å². The highest BCUT2D eigenvalue weighted by molar-refractivity contribution is 7.16. The number of anilines is 1. The van der Waals surface area contributed by atoms with Crippen LogP contribution in [0.4, 0.5) is 10.2 Å². The van der Waals surface area contributed by atoms with Gasteiger partial charge in [-0.1, -0.05) is 11.6 Å². The number of aromatic nitrogens is 2. The fourth-order valence-corrected chi connectivity index (χ4v) is 3.90. The minimum absolute atomic E-state index is 0.0295. The molecule has 0 radical (unpaired) electrons. The molecule has 1 aliphatic heterocycles. The average Bonchev–Trinajstić information content (AvgIpc) is 3.18. The van der Waals surface area contributed by atoms with Gasteiger partial charge in [-0.25, -0.2) is 14.4 Å². The van der Waals surface area contributed by atoms with Crippen molar-refractivity contribution in [1.82, 2.24) is 14.9 Å². The number of amides is 1. The number of benzene rings is 1. The quantitative estimate of drug-likeness (QED) is 0.666. The summed E-state index contributed by atoms with van der Waals surface area (Å²) in [5, 5.41) is 3.01. The van der Waals surface area contributed by atoms with Crippen molar-refractivity contribution in [1.29, 1.82) is 0 Å². The van der Waals surface area contributed by atoms with Gasteiger partial charge in [0.2, 0.25) is 0 Å². The van der Waals surface area contributed by atoms with Crippen molar-refractivity contribution in [3.05, 3.63) is 46.8 Å². The van der Waals surface area contributed by atoms with Crippen molar-refractivity contribution < 1.29 is 13.9 Å². The molecule has 0 saturated carbocycles. The zero-order valence-electron chi connectivity index (χ0n) is 14.3. The highest BCUT2D eigenvalue weighted by Crippen LogP contribution is 2.27. The summed E-state index contributed by atoms with van der Waals surface area (Å²) >= 11 is 7.31. The largest absolute Gasteiger partial charge is 0.484 e. The van der Waals surface area contributed by atoms with Crippen molar-refractivity contribution in [3.63, 3.8) is 0 Å². The summed E-state index contributed by atoms with van der Waals surface area (Å²) in [5.41, 5.74) is 0. The third kappa shape index (κ3) is 3.81. The first-order valence-electron chi connectivity index (χ1n) is 8.40. The molecule has 0 spiro atoms. The van der Waals surface area contributed by atoms with E-state index in [1.54, 1.807) is 22.6 Å². The molecule has 1 amide bonds. The van der Waals surface area contributed by atoms with Crippen molar-refractivity contribution in [2.45, 2.75) is 0 Å². The van der Waals surface area contributed by atoms with Gasteiger partial charge >= 0.3 is 0 Å². The van der Waals surface area contributed by atoms with Crippen LogP contribution in [0.25, 0.3) is 10.2 Å². The number of rotatable bonds is 4. The van der Waals surface area contributed by atoms with Crippen LogP contribution in [0.2, 0.25) is 5.02 Å². The van der Waals surface area contributed by atoms with E-state index in [9.17, 15) is 9.18 Å². The maximum atomic E-state index is 13.2. The van der Waals surface area contributed by atoms with E-state index >= 15 is 0 Å². The van der Waals surface area contributed by atoms with Gasteiger partial charge in [-0.3, -0.25) is 4.79 Å². The topological polar surface area (TPSA) is 58.6 Å². The number of hydrogen-bond donors (Lipinski definition) is 0. The van der Waals surface area contributed by atoms with Crippen LogP contribution in [0.5, 0.6) is 5.75 Å². The summed E-state index contributed by atoms with van der Waals surface area (Å²) in [5.74, 6) is 0.647. The van der Waals surface area contributed by atoms with Gasteiger partial charge in [0.25, 0.3) is 5.91 Å². The van der Waals surface area contributed by atoms with Gasteiger partial charge in [0, 0.05) is 32.2 Å². The average molecular weight is 407 g/mol. The number of nitrogens with zero attached hydrogens (tertiary/aromatic N) is 4. The Bertz CT molecular complexity index is 975. The van der Waals surface area contributed by atoms with Gasteiger partial charge < -0.3 is 14.5 Å². The Morgan fingerprint density at radius 3 is 2.81 bits per heavy atom. The van der Waals surface area contributed by atoms with Crippen LogP contribution in [0, 0.1) is 5.82 Å². The molecule has 1 fully saturated rings. The number of carbonyl (C=O) groups is 1. The molecule has 140 valence electrons. The number of halogens is 2. The molecule has 4 rings (SSSR count). The summed E-state index contributed by atoms with van der Waals surface area (Å²) < 4.78 is 18.6. The minimum Gasteiger partial charge on any atom is -0.484 e. The van der Waals surface area contributed by atoms with E-state index in [-0.39, 0.29) is 17.5 Å². The molecular formula is C18H16ClFN4O2S. The molecule has 27 heavy (non-hydrogen) atoms. The smallest absolute Gasteiger partial charge is 0.260 e. The molecule has 0 aliphatic carbocycles. The third-order valence-corrected chi connectivity index (χ3v) is 5.54. The summed E-state index contributed by atoms with van der Waals surface area (Å²) in [6.45, 7) is 2.44. The molecule has 1 aliphatic rings. The number of ether oxygens (including phenoxy) is 1. The maximum absolute atomic E-state index is 13.2. The molecule has 2 aromatic heterocycles. The van der Waals surface area contributed by atoms with Crippen LogP contribution in [0.15, 0.2) is 36.0 Å². The van der Waals surface area contributed by atoms with Gasteiger partial charge in [0.15, 0.2) is 6.61 Å². The molecule has 1 aromatic carbocycles. The summed E-state index contributed by atoms with van der Waals surface area (Å²) in [4.78, 5) is 26.0. The Kier molecular flexibility index (Phi) is 5.09. The lowest BCUT2D eigenvalue weighted by Gasteiger charge is -2.35. The second kappa shape index (κ2) is 7.66. The Morgan fingerprint density at radius 2 is 2.04 bits per heavy atom. The number of piperazine rings is 1. The summed E-state index contributed by atoms with van der Waals surface area (Å²) in [6.07, 6.45) is 1.58. The maximum Gasteiger partial charge on any atom is 0.260 e. The molecule has 3 aromatic rings. The van der Waals surface area contributed by atoms with Gasteiger partial charge in [-0.05, 0) is 23.6 Å². The lowest BCUT2D eigenvalue weighted by atomic mass is 10.2. The van der Waals surface area contributed by atoms with Crippen LogP contribution >= 0.6 is 22.9 Å². The summed E-state index contributed by atoms with van der Waals surface area (Å²) in [7, 11) is 0. The zero-order valence-corrected chi connectivity index (χ0v) is 15.8. The normalized spacial score (nSPS) is 14.6. The molecule has 0 atom stereocenters. The van der Waals surface area contributed by atoms with Crippen LogP contribution in [-0.4, -0.2) is 53.6 Å². The van der Waals surface area contributed by atoms with E-state index in [1.807, 2.05) is 11.4 Å². The monoisotopic (exact) mass is 406 g/mol. The Balaban J connectivity index is 1.34. The number of fused-ring (bicyclic) bond motifs is 1. The van der Waals surface area contributed by atoms with Crippen molar-refractivity contribution in [2.24, 2.45) is 0 Å². The zero-order chi connectivity index (χ0) is 18.8. The Morgan fingerprint density at radius 1 is 1.22 bits per heavy atom. The second-order valence-electron chi connectivity index (χ2n) is 6.07. The molecular weight excluding hydrogens is 391 g/mol. The van der Waals surface area contributed by atoms with Gasteiger partial charge in [0.1, 0.15) is 28.5 Å². The fourth-order valence-electron chi connectivity index (χ4n) is 3.00. The van der Waals surface area contributed by atoms with Crippen molar-refractivity contribution in [3.8, 4) is 5.75 Å². The molecule has 1 saturated heterocycles. The predicted octanol–water partition coefficient (Wildman–Crippen LogP) is 3.21. The standard InChI is InChI=1S/C18H16ClFN4O2S/c19-14-9-12(1-2-15(14)20)26-10-16(25)23-4-6-24(7-5-23)17-13-3-8-27-18(13)22-11-21-17/h1-3,8-9,11H,4-7,10H2. The third-order valence-electron chi connectivity index (χ3n) is 4.43. The number of thiophene rings is 1. The van der Waals surface area contributed by atoms with Crippen LogP contribution in [0.3, 0.4) is 0 Å². The highest BCUT2D eigenvalue weighted by atomic mass is 35.5. The van der Waals surface area contributed by atoms with E-state index in [1.165, 1.54) is 18.2 Å². The van der Waals surface area contributed by atoms with Crippen molar-refractivity contribution in [2.75, 3.05) is 37.7 Å². The van der Waals surface area contributed by atoms with E-state index in [4.69, 9.17) is 16.3 Å². The second-order valence-corrected chi connectivity index (χ2v) is 7.37. The molecule has 6 nitrogen and oxygen atoms in total. The van der Waals surface area contributed by atoms with Crippen molar-refractivity contribution >= 4 is 44.9 Å². The van der Waals surface area contributed by atoms with E-state index in [0.717, 1.165) is 16.0 Å². The lowest BCUT2D eigenvalue weighted by Crippen LogP contribution is -2.50. The molecule has 0 unspecified atom stereocenters. The number of carbonyl (C=O) groups excluding carboxylic acids is 1. The first-order chi connectivity index (χ1) is 13.1. The van der Waals surface area contributed by atoms with Gasteiger partial charge in [-0.15, -0.1) is 11.3 Å². The number of hydrogen-bond acceptors (Lipinski definition) is 6. The first kappa shape index (κ1) is 17.9.